The minimum absolute atomic E-state index is 0.0770. The van der Waals surface area contributed by atoms with Crippen molar-refractivity contribution < 1.29 is 8.42 Å². The molecule has 1 fully saturated rings. The summed E-state index contributed by atoms with van der Waals surface area (Å²) >= 11 is 0. The molecule has 0 bridgehead atoms. The second-order valence-corrected chi connectivity index (χ2v) is 7.06. The zero-order valence-corrected chi connectivity index (χ0v) is 10.2. The maximum absolute atomic E-state index is 11.8. The maximum atomic E-state index is 11.8. The first-order valence-corrected chi connectivity index (χ1v) is 7.70. The van der Waals surface area contributed by atoms with Crippen LogP contribution < -0.4 is 5.56 Å². The van der Waals surface area contributed by atoms with Crippen molar-refractivity contribution in [2.24, 2.45) is 0 Å². The number of nitrogens with zero attached hydrogens (tertiary/aromatic N) is 1. The summed E-state index contributed by atoms with van der Waals surface area (Å²) in [6, 6.07) is 0. The van der Waals surface area contributed by atoms with Crippen molar-refractivity contribution in [3.05, 3.63) is 27.4 Å². The number of hydrogen-bond acceptors (Lipinski definition) is 4. The number of aromatic amines is 1. The summed E-state index contributed by atoms with van der Waals surface area (Å²) in [5.74, 6) is 0.767. The monoisotopic (exact) mass is 254 g/mol. The number of aromatic nitrogens is 2. The highest BCUT2D eigenvalue weighted by molar-refractivity contribution is 7.91. The van der Waals surface area contributed by atoms with Crippen LogP contribution in [0.25, 0.3) is 0 Å². The molecular weight excluding hydrogens is 240 g/mol. The Morgan fingerprint density at radius 3 is 2.82 bits per heavy atom. The van der Waals surface area contributed by atoms with Gasteiger partial charge in [0.2, 0.25) is 0 Å². The molecule has 2 aliphatic rings. The van der Waals surface area contributed by atoms with Gasteiger partial charge in [0.05, 0.1) is 17.2 Å². The number of H-pyrrole nitrogens is 1. The van der Waals surface area contributed by atoms with Crippen LogP contribution in [0.1, 0.15) is 35.8 Å². The lowest BCUT2D eigenvalue weighted by molar-refractivity contribution is 0.601. The molecule has 3 rings (SSSR count). The molecule has 17 heavy (non-hydrogen) atoms. The maximum Gasteiger partial charge on any atom is 0.254 e. The van der Waals surface area contributed by atoms with Gasteiger partial charge in [0.15, 0.2) is 9.84 Å². The van der Waals surface area contributed by atoms with E-state index >= 15 is 0 Å². The Labute approximate surface area is 99.2 Å². The molecule has 0 saturated carbocycles. The lowest BCUT2D eigenvalue weighted by Gasteiger charge is -2.08. The van der Waals surface area contributed by atoms with Crippen LogP contribution in [-0.4, -0.2) is 29.9 Å². The van der Waals surface area contributed by atoms with Gasteiger partial charge < -0.3 is 4.98 Å². The lowest BCUT2D eigenvalue weighted by Crippen LogP contribution is -2.19. The van der Waals surface area contributed by atoms with Gasteiger partial charge in [0.1, 0.15) is 5.82 Å². The predicted octanol–water partition coefficient (Wildman–Crippen LogP) is 0.161. The van der Waals surface area contributed by atoms with E-state index in [0.717, 1.165) is 30.5 Å². The van der Waals surface area contributed by atoms with Crippen molar-refractivity contribution in [1.29, 1.82) is 0 Å². The van der Waals surface area contributed by atoms with Gasteiger partial charge in [-0.15, -0.1) is 0 Å². The number of rotatable bonds is 1. The van der Waals surface area contributed by atoms with Crippen LogP contribution in [0, 0.1) is 0 Å². The third-order valence-corrected chi connectivity index (χ3v) is 5.35. The van der Waals surface area contributed by atoms with E-state index < -0.39 is 9.84 Å². The summed E-state index contributed by atoms with van der Waals surface area (Å²) in [4.78, 5) is 19.0. The van der Waals surface area contributed by atoms with Crippen molar-refractivity contribution in [2.75, 3.05) is 11.5 Å². The van der Waals surface area contributed by atoms with Gasteiger partial charge in [0, 0.05) is 11.5 Å². The molecule has 1 aliphatic carbocycles. The molecular formula is C11H14N2O3S. The minimum atomic E-state index is -2.93. The highest BCUT2D eigenvalue weighted by Crippen LogP contribution is 2.27. The van der Waals surface area contributed by atoms with Crippen LogP contribution in [0.2, 0.25) is 0 Å². The molecule has 1 atom stereocenters. The van der Waals surface area contributed by atoms with Gasteiger partial charge in [-0.05, 0) is 25.7 Å². The fourth-order valence-electron chi connectivity index (χ4n) is 2.66. The van der Waals surface area contributed by atoms with Crippen molar-refractivity contribution in [3.8, 4) is 0 Å². The first-order valence-electron chi connectivity index (χ1n) is 5.87. The van der Waals surface area contributed by atoms with Crippen LogP contribution in [-0.2, 0) is 22.7 Å². The van der Waals surface area contributed by atoms with Crippen molar-refractivity contribution in [1.82, 2.24) is 9.97 Å². The van der Waals surface area contributed by atoms with Crippen LogP contribution >= 0.6 is 0 Å². The average Bonchev–Trinajstić information content (AvgIpc) is 2.84. The van der Waals surface area contributed by atoms with Crippen LogP contribution in [0.5, 0.6) is 0 Å². The van der Waals surface area contributed by atoms with Gasteiger partial charge in [0.25, 0.3) is 5.56 Å². The molecule has 1 N–H and O–H groups in total. The zero-order chi connectivity index (χ0) is 12.0. The van der Waals surface area contributed by atoms with E-state index in [1.807, 2.05) is 0 Å². The minimum Gasteiger partial charge on any atom is -0.310 e. The highest BCUT2D eigenvalue weighted by Gasteiger charge is 2.31. The Hall–Kier alpha value is -1.17. The first kappa shape index (κ1) is 11.0. The van der Waals surface area contributed by atoms with E-state index in [-0.39, 0.29) is 23.0 Å². The van der Waals surface area contributed by atoms with E-state index in [0.29, 0.717) is 12.2 Å². The van der Waals surface area contributed by atoms with Crippen molar-refractivity contribution in [3.63, 3.8) is 0 Å². The smallest absolute Gasteiger partial charge is 0.254 e. The van der Waals surface area contributed by atoms with Crippen LogP contribution in [0.4, 0.5) is 0 Å². The van der Waals surface area contributed by atoms with Gasteiger partial charge in [-0.1, -0.05) is 0 Å². The summed E-state index contributed by atoms with van der Waals surface area (Å²) in [7, 11) is -2.93. The molecule has 1 aromatic rings. The molecule has 1 unspecified atom stereocenters. The van der Waals surface area contributed by atoms with E-state index in [4.69, 9.17) is 0 Å². The second-order valence-electron chi connectivity index (χ2n) is 4.83. The SMILES string of the molecule is O=c1[nH]c(C2CCS(=O)(=O)C2)nc2c1CCC2. The van der Waals surface area contributed by atoms with Crippen molar-refractivity contribution >= 4 is 9.84 Å². The number of nitrogens with one attached hydrogen (secondary N) is 1. The first-order chi connectivity index (χ1) is 8.05. The Balaban J connectivity index is 2.00. The molecule has 1 saturated heterocycles. The zero-order valence-electron chi connectivity index (χ0n) is 9.40. The molecule has 1 aromatic heterocycles. The molecule has 0 aromatic carbocycles. The second kappa shape index (κ2) is 3.66. The Morgan fingerprint density at radius 2 is 2.12 bits per heavy atom. The van der Waals surface area contributed by atoms with Crippen molar-refractivity contribution in [2.45, 2.75) is 31.6 Å². The molecule has 5 nitrogen and oxygen atoms in total. The summed E-state index contributed by atoms with van der Waals surface area (Å²) in [5.41, 5.74) is 1.58. The van der Waals surface area contributed by atoms with E-state index in [9.17, 15) is 13.2 Å². The summed E-state index contributed by atoms with van der Waals surface area (Å²) in [5, 5.41) is 0. The molecule has 1 aliphatic heterocycles. The molecule has 2 heterocycles. The fourth-order valence-corrected chi connectivity index (χ4v) is 4.41. The number of sulfone groups is 1. The van der Waals surface area contributed by atoms with Crippen LogP contribution in [0.3, 0.4) is 0 Å². The predicted molar refractivity (Wildman–Crippen MR) is 62.9 cm³/mol. The van der Waals surface area contributed by atoms with Gasteiger partial charge in [-0.2, -0.15) is 0 Å². The largest absolute Gasteiger partial charge is 0.310 e. The fraction of sp³-hybridized carbons (Fsp3) is 0.636. The summed E-state index contributed by atoms with van der Waals surface area (Å²) in [6.45, 7) is 0. The van der Waals surface area contributed by atoms with Gasteiger partial charge in [-0.25, -0.2) is 13.4 Å². The number of fused-ring (bicyclic) bond motifs is 1. The number of aryl methyl sites for hydroxylation is 1. The van der Waals surface area contributed by atoms with E-state index in [2.05, 4.69) is 9.97 Å². The standard InChI is InChI=1S/C11H14N2O3S/c14-11-8-2-1-3-9(8)12-10(13-11)7-4-5-17(15,16)6-7/h7H,1-6H2,(H,12,13,14). The van der Waals surface area contributed by atoms with E-state index in [1.54, 1.807) is 0 Å². The average molecular weight is 254 g/mol. The Bertz CT molecular complexity index is 618. The normalized spacial score (nSPS) is 26.0. The van der Waals surface area contributed by atoms with Crippen LogP contribution in [0.15, 0.2) is 4.79 Å². The molecule has 92 valence electrons. The summed E-state index contributed by atoms with van der Waals surface area (Å²) < 4.78 is 22.8. The Morgan fingerprint density at radius 1 is 1.29 bits per heavy atom. The lowest BCUT2D eigenvalue weighted by atomic mass is 10.1. The highest BCUT2D eigenvalue weighted by atomic mass is 32.2. The third kappa shape index (κ3) is 1.90. The van der Waals surface area contributed by atoms with Gasteiger partial charge >= 0.3 is 0 Å². The molecule has 0 amide bonds. The number of hydrogen-bond donors (Lipinski definition) is 1. The third-order valence-electron chi connectivity index (χ3n) is 3.58. The van der Waals surface area contributed by atoms with Gasteiger partial charge in [-0.3, -0.25) is 4.79 Å². The quantitative estimate of drug-likeness (QED) is 0.774. The van der Waals surface area contributed by atoms with E-state index in [1.165, 1.54) is 0 Å². The molecule has 0 radical (unpaired) electrons. The Kier molecular flexibility index (Phi) is 2.36. The summed E-state index contributed by atoms with van der Waals surface area (Å²) in [6.07, 6.45) is 3.18. The topological polar surface area (TPSA) is 79.9 Å². The molecule has 6 heteroatoms. The molecule has 0 spiro atoms.